The number of aromatic nitrogens is 1. The van der Waals surface area contributed by atoms with E-state index in [2.05, 4.69) is 26.2 Å². The smallest absolute Gasteiger partial charge is 0.407 e. The average Bonchev–Trinajstić information content (AvgIpc) is 2.36. The summed E-state index contributed by atoms with van der Waals surface area (Å²) in [6.07, 6.45) is -1.72. The fourth-order valence-corrected chi connectivity index (χ4v) is 2.03. The van der Waals surface area contributed by atoms with E-state index in [1.807, 2.05) is 0 Å². The van der Waals surface area contributed by atoms with Crippen LogP contribution in [0, 0.1) is 0 Å². The van der Waals surface area contributed by atoms with Gasteiger partial charge in [-0.3, -0.25) is 0 Å². The van der Waals surface area contributed by atoms with Crippen LogP contribution in [-0.2, 0) is 4.74 Å². The van der Waals surface area contributed by atoms with Gasteiger partial charge in [0.2, 0.25) is 0 Å². The van der Waals surface area contributed by atoms with E-state index in [1.165, 1.54) is 6.20 Å². The fourth-order valence-electron chi connectivity index (χ4n) is 1.47. The number of ether oxygens (including phenoxy) is 1. The second kappa shape index (κ2) is 7.40. The van der Waals surface area contributed by atoms with Crippen LogP contribution in [0.15, 0.2) is 16.7 Å². The SMILES string of the molecule is CC(C)(C)OC(=O)NCC(O)C(O)c1cc(Br)cnc1Cl. The molecule has 6 nitrogen and oxygen atoms in total. The molecule has 8 heteroatoms. The van der Waals surface area contributed by atoms with E-state index < -0.39 is 23.9 Å². The van der Waals surface area contributed by atoms with Gasteiger partial charge in [0.25, 0.3) is 0 Å². The van der Waals surface area contributed by atoms with Crippen molar-refractivity contribution < 1.29 is 19.7 Å². The molecule has 2 atom stereocenters. The zero-order valence-corrected chi connectivity index (χ0v) is 14.3. The van der Waals surface area contributed by atoms with Crippen molar-refractivity contribution in [3.05, 3.63) is 27.5 Å². The Morgan fingerprint density at radius 1 is 1.52 bits per heavy atom. The number of hydrogen-bond donors (Lipinski definition) is 3. The van der Waals surface area contributed by atoms with Gasteiger partial charge in [-0.05, 0) is 42.8 Å². The standard InChI is InChI=1S/C13H18BrClN2O4/c1-13(2,3)21-12(20)17-6-9(18)10(19)8-4-7(14)5-16-11(8)15/h4-5,9-10,18-19H,6H2,1-3H3,(H,17,20). The number of amides is 1. The molecule has 2 unspecified atom stereocenters. The van der Waals surface area contributed by atoms with E-state index in [9.17, 15) is 15.0 Å². The molecule has 1 aromatic rings. The van der Waals surface area contributed by atoms with Crippen LogP contribution in [0.3, 0.4) is 0 Å². The first-order valence-electron chi connectivity index (χ1n) is 6.24. The maximum atomic E-state index is 11.5. The highest BCUT2D eigenvalue weighted by Crippen LogP contribution is 2.26. The van der Waals surface area contributed by atoms with Crippen molar-refractivity contribution in [1.82, 2.24) is 10.3 Å². The molecule has 0 aromatic carbocycles. The minimum absolute atomic E-state index is 0.0852. The van der Waals surface area contributed by atoms with Gasteiger partial charge >= 0.3 is 6.09 Å². The molecule has 21 heavy (non-hydrogen) atoms. The van der Waals surface area contributed by atoms with E-state index in [4.69, 9.17) is 16.3 Å². The molecule has 0 spiro atoms. The molecule has 3 N–H and O–H groups in total. The Morgan fingerprint density at radius 2 is 2.14 bits per heavy atom. The largest absolute Gasteiger partial charge is 0.444 e. The number of nitrogens with zero attached hydrogens (tertiary/aromatic N) is 1. The summed E-state index contributed by atoms with van der Waals surface area (Å²) in [5, 5.41) is 22.4. The third-order valence-electron chi connectivity index (χ3n) is 2.37. The monoisotopic (exact) mass is 380 g/mol. The predicted molar refractivity (Wildman–Crippen MR) is 82.2 cm³/mol. The van der Waals surface area contributed by atoms with E-state index >= 15 is 0 Å². The molecule has 0 aliphatic heterocycles. The molecule has 0 bridgehead atoms. The highest BCUT2D eigenvalue weighted by Gasteiger charge is 2.23. The summed E-state index contributed by atoms with van der Waals surface area (Å²) in [6, 6.07) is 1.55. The molecular weight excluding hydrogens is 364 g/mol. The molecule has 0 fully saturated rings. The van der Waals surface area contributed by atoms with Crippen molar-refractivity contribution in [3.8, 4) is 0 Å². The summed E-state index contributed by atoms with van der Waals surface area (Å²) in [5.41, 5.74) is -0.366. The Morgan fingerprint density at radius 3 is 2.71 bits per heavy atom. The van der Waals surface area contributed by atoms with E-state index in [0.717, 1.165) is 0 Å². The van der Waals surface area contributed by atoms with Crippen LogP contribution in [0.1, 0.15) is 32.4 Å². The van der Waals surface area contributed by atoms with Gasteiger partial charge in [0.15, 0.2) is 0 Å². The minimum atomic E-state index is -1.28. The third-order valence-corrected chi connectivity index (χ3v) is 3.12. The van der Waals surface area contributed by atoms with Gasteiger partial charge in [0, 0.05) is 22.8 Å². The molecule has 1 aromatic heterocycles. The summed E-state index contributed by atoms with van der Waals surface area (Å²) in [5.74, 6) is 0. The number of pyridine rings is 1. The van der Waals surface area contributed by atoms with Crippen molar-refractivity contribution in [2.75, 3.05) is 6.54 Å². The van der Waals surface area contributed by atoms with Gasteiger partial charge in [0.1, 0.15) is 23.0 Å². The number of alkyl carbamates (subject to hydrolysis) is 1. The Bertz CT molecular complexity index is 507. The van der Waals surface area contributed by atoms with E-state index in [1.54, 1.807) is 26.8 Å². The van der Waals surface area contributed by atoms with Crippen molar-refractivity contribution in [3.63, 3.8) is 0 Å². The highest BCUT2D eigenvalue weighted by molar-refractivity contribution is 9.10. The Kier molecular flexibility index (Phi) is 6.40. The molecule has 0 saturated heterocycles. The zero-order valence-electron chi connectivity index (χ0n) is 11.9. The van der Waals surface area contributed by atoms with Crippen LogP contribution >= 0.6 is 27.5 Å². The second-order valence-corrected chi connectivity index (χ2v) is 6.70. The quantitative estimate of drug-likeness (QED) is 0.697. The van der Waals surface area contributed by atoms with Gasteiger partial charge in [-0.1, -0.05) is 11.6 Å². The summed E-state index contributed by atoms with van der Waals surface area (Å²) < 4.78 is 5.65. The Balaban J connectivity index is 2.61. The summed E-state index contributed by atoms with van der Waals surface area (Å²) >= 11 is 9.08. The lowest BCUT2D eigenvalue weighted by Crippen LogP contribution is -2.38. The molecule has 118 valence electrons. The Hall–Kier alpha value is -0.890. The zero-order chi connectivity index (χ0) is 16.2. The molecule has 0 saturated carbocycles. The van der Waals surface area contributed by atoms with Crippen LogP contribution in [0.5, 0.6) is 0 Å². The average molecular weight is 382 g/mol. The van der Waals surface area contributed by atoms with E-state index in [-0.39, 0.29) is 17.3 Å². The number of aliphatic hydroxyl groups is 2. The number of carbonyl (C=O) groups excluding carboxylic acids is 1. The normalized spacial score (nSPS) is 14.4. The van der Waals surface area contributed by atoms with Crippen LogP contribution in [-0.4, -0.2) is 39.5 Å². The molecule has 0 aliphatic carbocycles. The number of halogens is 2. The molecule has 1 amide bonds. The fraction of sp³-hybridized carbons (Fsp3) is 0.538. The topological polar surface area (TPSA) is 91.7 Å². The third kappa shape index (κ3) is 6.17. The summed E-state index contributed by atoms with van der Waals surface area (Å²) in [4.78, 5) is 15.3. The van der Waals surface area contributed by atoms with Crippen molar-refractivity contribution in [2.24, 2.45) is 0 Å². The predicted octanol–water partition coefficient (Wildman–Crippen LogP) is 2.42. The van der Waals surface area contributed by atoms with Crippen molar-refractivity contribution in [2.45, 2.75) is 38.6 Å². The molecule has 1 heterocycles. The van der Waals surface area contributed by atoms with Gasteiger partial charge < -0.3 is 20.3 Å². The molecule has 1 rings (SSSR count). The van der Waals surface area contributed by atoms with Crippen LogP contribution in [0.25, 0.3) is 0 Å². The first-order chi connectivity index (χ1) is 9.60. The number of nitrogens with one attached hydrogen (secondary N) is 1. The number of carbonyl (C=O) groups is 1. The van der Waals surface area contributed by atoms with Crippen LogP contribution in [0.4, 0.5) is 4.79 Å². The number of rotatable bonds is 4. The lowest BCUT2D eigenvalue weighted by molar-refractivity contribution is 0.0128. The first kappa shape index (κ1) is 18.2. The van der Waals surface area contributed by atoms with Crippen molar-refractivity contribution in [1.29, 1.82) is 0 Å². The van der Waals surface area contributed by atoms with Gasteiger partial charge in [-0.2, -0.15) is 0 Å². The van der Waals surface area contributed by atoms with Crippen LogP contribution < -0.4 is 5.32 Å². The van der Waals surface area contributed by atoms with E-state index in [0.29, 0.717) is 4.47 Å². The van der Waals surface area contributed by atoms with Gasteiger partial charge in [0.05, 0.1) is 0 Å². The summed E-state index contributed by atoms with van der Waals surface area (Å²) in [7, 11) is 0. The lowest BCUT2D eigenvalue weighted by Gasteiger charge is -2.22. The maximum absolute atomic E-state index is 11.5. The van der Waals surface area contributed by atoms with Crippen LogP contribution in [0.2, 0.25) is 5.15 Å². The first-order valence-corrected chi connectivity index (χ1v) is 7.41. The molecule has 0 radical (unpaired) electrons. The van der Waals surface area contributed by atoms with Crippen molar-refractivity contribution >= 4 is 33.6 Å². The van der Waals surface area contributed by atoms with Gasteiger partial charge in [-0.25, -0.2) is 9.78 Å². The second-order valence-electron chi connectivity index (χ2n) is 5.43. The lowest BCUT2D eigenvalue weighted by atomic mass is 10.1. The molecule has 0 aliphatic rings. The molecular formula is C13H18BrClN2O4. The highest BCUT2D eigenvalue weighted by atomic mass is 79.9. The minimum Gasteiger partial charge on any atom is -0.444 e. The number of hydrogen-bond acceptors (Lipinski definition) is 5. The summed E-state index contributed by atoms with van der Waals surface area (Å²) in [6.45, 7) is 5.00. The Labute approximate surface area is 136 Å². The van der Waals surface area contributed by atoms with Gasteiger partial charge in [-0.15, -0.1) is 0 Å². The number of aliphatic hydroxyl groups excluding tert-OH is 2. The maximum Gasteiger partial charge on any atom is 0.407 e.